The lowest BCUT2D eigenvalue weighted by Crippen LogP contribution is -2.47. The molecule has 170 valence electrons. The van der Waals surface area contributed by atoms with Crippen molar-refractivity contribution in [1.82, 2.24) is 10.2 Å². The molecule has 2 aromatic rings. The number of anilines is 1. The van der Waals surface area contributed by atoms with Crippen molar-refractivity contribution >= 4 is 40.8 Å². The van der Waals surface area contributed by atoms with Gasteiger partial charge in [0.1, 0.15) is 5.82 Å². The predicted octanol–water partition coefficient (Wildman–Crippen LogP) is 4.68. The van der Waals surface area contributed by atoms with E-state index in [0.29, 0.717) is 12.2 Å². The van der Waals surface area contributed by atoms with Gasteiger partial charge in [0.25, 0.3) is 5.91 Å². The summed E-state index contributed by atoms with van der Waals surface area (Å²) in [4.78, 5) is 20.9. The van der Waals surface area contributed by atoms with Gasteiger partial charge in [0.2, 0.25) is 0 Å². The molecule has 7 heteroatoms. The maximum absolute atomic E-state index is 14.0. The van der Waals surface area contributed by atoms with Gasteiger partial charge in [0.05, 0.1) is 10.6 Å². The maximum Gasteiger partial charge on any atom is 0.257 e. The van der Waals surface area contributed by atoms with E-state index >= 15 is 0 Å². The number of fused-ring (bicyclic) bond motifs is 3. The van der Waals surface area contributed by atoms with E-state index in [1.54, 1.807) is 28.3 Å². The summed E-state index contributed by atoms with van der Waals surface area (Å²) in [5, 5.41) is 3.12. The van der Waals surface area contributed by atoms with Gasteiger partial charge in [-0.05, 0) is 68.0 Å². The van der Waals surface area contributed by atoms with E-state index in [-0.39, 0.29) is 11.7 Å². The first kappa shape index (κ1) is 22.0. The van der Waals surface area contributed by atoms with Crippen LogP contribution in [0.4, 0.5) is 10.1 Å². The molecule has 1 aliphatic carbocycles. The van der Waals surface area contributed by atoms with Crippen LogP contribution in [0.1, 0.15) is 40.1 Å². The Bertz CT molecular complexity index is 1010. The average Bonchev–Trinajstić information content (AvgIpc) is 3.20. The molecule has 0 radical (unpaired) electrons. The number of para-hydroxylation sites is 1. The fourth-order valence-electron chi connectivity index (χ4n) is 4.88. The van der Waals surface area contributed by atoms with E-state index in [2.05, 4.69) is 21.2 Å². The van der Waals surface area contributed by atoms with E-state index in [1.807, 2.05) is 23.5 Å². The lowest BCUT2D eigenvalue weighted by molar-refractivity contribution is -0.116. The molecule has 0 saturated carbocycles. The Morgan fingerprint density at radius 2 is 1.88 bits per heavy atom. The molecule has 0 unspecified atom stereocenters. The zero-order chi connectivity index (χ0) is 21.9. The summed E-state index contributed by atoms with van der Waals surface area (Å²) in [5.74, 6) is 0.858. The normalized spacial score (nSPS) is 18.7. The summed E-state index contributed by atoms with van der Waals surface area (Å²) >= 11 is 3.59. The lowest BCUT2D eigenvalue weighted by Gasteiger charge is -2.36. The second-order valence-corrected chi connectivity index (χ2v) is 10.9. The first-order valence-electron chi connectivity index (χ1n) is 11.7. The van der Waals surface area contributed by atoms with Crippen molar-refractivity contribution in [2.45, 2.75) is 37.9 Å². The predicted molar refractivity (Wildman–Crippen MR) is 133 cm³/mol. The molecule has 1 amide bonds. The van der Waals surface area contributed by atoms with Gasteiger partial charge in [0.15, 0.2) is 0 Å². The molecule has 1 N–H and O–H groups in total. The van der Waals surface area contributed by atoms with Crippen LogP contribution in [0.15, 0.2) is 29.2 Å². The number of amides is 1. The summed E-state index contributed by atoms with van der Waals surface area (Å²) < 4.78 is 14.0. The third-order valence-electron chi connectivity index (χ3n) is 6.67. The van der Waals surface area contributed by atoms with Crippen LogP contribution in [0.3, 0.4) is 0 Å². The van der Waals surface area contributed by atoms with Crippen molar-refractivity contribution in [2.24, 2.45) is 0 Å². The number of nitrogens with zero attached hydrogens (tertiary/aromatic N) is 2. The van der Waals surface area contributed by atoms with Crippen molar-refractivity contribution in [2.75, 3.05) is 44.2 Å². The molecule has 0 atom stereocenters. The third-order valence-corrected chi connectivity index (χ3v) is 9.00. The number of carbonyl (C=O) groups is 1. The van der Waals surface area contributed by atoms with Crippen LogP contribution in [0.5, 0.6) is 0 Å². The highest BCUT2D eigenvalue weighted by atomic mass is 32.2. The summed E-state index contributed by atoms with van der Waals surface area (Å²) in [6, 6.07) is 7.00. The SMILES string of the molecule is O=C(NCCCN1CCN(c2ccccc2F)CC1)C1=Cc2sc3c(c2CS1)CCCC3. The largest absolute Gasteiger partial charge is 0.367 e. The molecule has 0 spiro atoms. The zero-order valence-electron chi connectivity index (χ0n) is 18.4. The van der Waals surface area contributed by atoms with Crippen LogP contribution in [0.2, 0.25) is 0 Å². The Hall–Kier alpha value is -1.83. The number of halogens is 1. The van der Waals surface area contributed by atoms with E-state index in [0.717, 1.165) is 49.8 Å². The Morgan fingerprint density at radius 3 is 2.72 bits per heavy atom. The van der Waals surface area contributed by atoms with E-state index < -0.39 is 0 Å². The van der Waals surface area contributed by atoms with Crippen molar-refractivity contribution in [3.8, 4) is 0 Å². The molecule has 1 saturated heterocycles. The number of carbonyl (C=O) groups excluding carboxylic acids is 1. The first-order chi connectivity index (χ1) is 15.7. The smallest absolute Gasteiger partial charge is 0.257 e. The molecular weight excluding hydrogens is 441 g/mol. The Labute approximate surface area is 197 Å². The van der Waals surface area contributed by atoms with Gasteiger partial charge in [0, 0.05) is 48.2 Å². The van der Waals surface area contributed by atoms with E-state index in [9.17, 15) is 9.18 Å². The van der Waals surface area contributed by atoms with E-state index in [1.165, 1.54) is 42.2 Å². The third kappa shape index (κ3) is 4.75. The van der Waals surface area contributed by atoms with Crippen LogP contribution in [0, 0.1) is 5.82 Å². The average molecular weight is 472 g/mol. The van der Waals surface area contributed by atoms with Crippen LogP contribution in [-0.4, -0.2) is 50.1 Å². The number of aryl methyl sites for hydroxylation is 1. The second-order valence-electron chi connectivity index (χ2n) is 8.74. The monoisotopic (exact) mass is 471 g/mol. The minimum atomic E-state index is -0.145. The standard InChI is InChI=1S/C25H30FN3OS2/c26-20-7-2-3-8-21(20)29-14-12-28(13-15-29)11-5-10-27-25(30)24-16-23-19(17-31-24)18-6-1-4-9-22(18)32-23/h2-3,7-8,16H,1,4-6,9-15,17H2,(H,27,30). The van der Waals surface area contributed by atoms with Crippen LogP contribution in [-0.2, 0) is 23.4 Å². The number of thioether (sulfide) groups is 1. The molecule has 3 aliphatic rings. The molecule has 5 rings (SSSR count). The highest BCUT2D eigenvalue weighted by Gasteiger charge is 2.25. The number of nitrogens with one attached hydrogen (secondary N) is 1. The second kappa shape index (κ2) is 9.98. The lowest BCUT2D eigenvalue weighted by atomic mass is 9.95. The van der Waals surface area contributed by atoms with Crippen molar-refractivity contribution in [3.63, 3.8) is 0 Å². The highest BCUT2D eigenvalue weighted by Crippen LogP contribution is 2.42. The van der Waals surface area contributed by atoms with Crippen LogP contribution >= 0.6 is 23.1 Å². The number of hydrogen-bond acceptors (Lipinski definition) is 5. The maximum atomic E-state index is 14.0. The van der Waals surface area contributed by atoms with Gasteiger partial charge in [-0.15, -0.1) is 23.1 Å². The molecule has 32 heavy (non-hydrogen) atoms. The van der Waals surface area contributed by atoms with Gasteiger partial charge >= 0.3 is 0 Å². The Kier molecular flexibility index (Phi) is 6.85. The molecular formula is C25H30FN3OS2. The van der Waals surface area contributed by atoms with Crippen molar-refractivity contribution in [3.05, 3.63) is 55.9 Å². The minimum Gasteiger partial charge on any atom is -0.367 e. The number of piperazine rings is 1. The number of benzene rings is 1. The molecule has 1 fully saturated rings. The van der Waals surface area contributed by atoms with E-state index in [4.69, 9.17) is 0 Å². The quantitative estimate of drug-likeness (QED) is 0.621. The van der Waals surface area contributed by atoms with Crippen molar-refractivity contribution in [1.29, 1.82) is 0 Å². The summed E-state index contributed by atoms with van der Waals surface area (Å²) in [5.41, 5.74) is 3.77. The molecule has 1 aromatic carbocycles. The Balaban J connectivity index is 1.06. The topological polar surface area (TPSA) is 35.6 Å². The van der Waals surface area contributed by atoms with Gasteiger partial charge in [-0.1, -0.05) is 12.1 Å². The summed E-state index contributed by atoms with van der Waals surface area (Å²) in [6.45, 7) is 5.18. The molecule has 1 aromatic heterocycles. The van der Waals surface area contributed by atoms with Gasteiger partial charge in [-0.25, -0.2) is 4.39 Å². The minimum absolute atomic E-state index is 0.0661. The van der Waals surface area contributed by atoms with Crippen molar-refractivity contribution < 1.29 is 9.18 Å². The molecule has 3 heterocycles. The van der Waals surface area contributed by atoms with Crippen LogP contribution < -0.4 is 10.2 Å². The number of hydrogen-bond donors (Lipinski definition) is 1. The van der Waals surface area contributed by atoms with Gasteiger partial charge < -0.3 is 10.2 Å². The fraction of sp³-hybridized carbons (Fsp3) is 0.480. The van der Waals surface area contributed by atoms with Gasteiger partial charge in [-0.2, -0.15) is 0 Å². The summed E-state index contributed by atoms with van der Waals surface area (Å²) in [6.07, 6.45) is 8.07. The first-order valence-corrected chi connectivity index (χ1v) is 13.5. The fourth-order valence-corrected chi connectivity index (χ4v) is 7.44. The Morgan fingerprint density at radius 1 is 1.06 bits per heavy atom. The molecule has 0 bridgehead atoms. The highest BCUT2D eigenvalue weighted by molar-refractivity contribution is 8.03. The number of rotatable bonds is 6. The molecule has 2 aliphatic heterocycles. The van der Waals surface area contributed by atoms with Crippen LogP contribution in [0.25, 0.3) is 6.08 Å². The summed E-state index contributed by atoms with van der Waals surface area (Å²) in [7, 11) is 0. The number of thiophene rings is 1. The molecule has 4 nitrogen and oxygen atoms in total. The zero-order valence-corrected chi connectivity index (χ0v) is 20.0. The van der Waals surface area contributed by atoms with Gasteiger partial charge in [-0.3, -0.25) is 9.69 Å².